The summed E-state index contributed by atoms with van der Waals surface area (Å²) in [4.78, 5) is 21.1. The molecule has 0 radical (unpaired) electrons. The Morgan fingerprint density at radius 1 is 1.00 bits per heavy atom. The van der Waals surface area contributed by atoms with Crippen LogP contribution in [0.25, 0.3) is 0 Å². The van der Waals surface area contributed by atoms with E-state index in [0.717, 1.165) is 52.3 Å². The number of hydrogen-bond donors (Lipinski definition) is 0. The first-order valence-electron chi connectivity index (χ1n) is 12.8. The van der Waals surface area contributed by atoms with Crippen molar-refractivity contribution in [3.05, 3.63) is 98.6 Å². The lowest BCUT2D eigenvalue weighted by molar-refractivity contribution is -0.384. The van der Waals surface area contributed by atoms with Gasteiger partial charge in [-0.25, -0.2) is 0 Å². The van der Waals surface area contributed by atoms with Crippen molar-refractivity contribution in [1.29, 1.82) is 0 Å². The quantitative estimate of drug-likeness (QED) is 0.196. The molecule has 2 atom stereocenters. The van der Waals surface area contributed by atoms with Gasteiger partial charge in [0.1, 0.15) is 6.61 Å². The number of ether oxygens (including phenoxy) is 2. The van der Waals surface area contributed by atoms with E-state index in [1.54, 1.807) is 26.4 Å². The number of methoxy groups -OCH3 is 2. The second-order valence-corrected chi connectivity index (χ2v) is 9.68. The molecule has 0 N–H and O–H groups in total. The van der Waals surface area contributed by atoms with Gasteiger partial charge in [-0.15, -0.1) is 0 Å². The van der Waals surface area contributed by atoms with Crippen molar-refractivity contribution < 1.29 is 19.2 Å². The van der Waals surface area contributed by atoms with E-state index in [-0.39, 0.29) is 18.3 Å². The van der Waals surface area contributed by atoms with Crippen LogP contribution in [0.3, 0.4) is 0 Å². The maximum absolute atomic E-state index is 10.8. The Kier molecular flexibility index (Phi) is 7.40. The highest BCUT2D eigenvalue weighted by Crippen LogP contribution is 2.44. The van der Waals surface area contributed by atoms with Gasteiger partial charge < -0.3 is 14.3 Å². The third-order valence-electron chi connectivity index (χ3n) is 7.39. The number of fused-ring (bicyclic) bond motifs is 3. The van der Waals surface area contributed by atoms with Crippen LogP contribution < -0.4 is 9.47 Å². The zero-order valence-corrected chi connectivity index (χ0v) is 21.8. The minimum atomic E-state index is -0.422. The lowest BCUT2D eigenvalue weighted by Gasteiger charge is -2.35. The van der Waals surface area contributed by atoms with Crippen molar-refractivity contribution in [1.82, 2.24) is 0 Å². The predicted octanol–water partition coefficient (Wildman–Crippen LogP) is 6.43. The molecular weight excluding hydrogens is 482 g/mol. The highest BCUT2D eigenvalue weighted by atomic mass is 16.6. The van der Waals surface area contributed by atoms with Gasteiger partial charge in [0.25, 0.3) is 5.69 Å². The van der Waals surface area contributed by atoms with E-state index in [0.29, 0.717) is 11.7 Å². The Labute approximate surface area is 222 Å². The topological polar surface area (TPSA) is 95.5 Å². The number of rotatable bonds is 8. The Bertz CT molecular complexity index is 1380. The monoisotopic (exact) mass is 513 g/mol. The third kappa shape index (κ3) is 5.11. The van der Waals surface area contributed by atoms with Gasteiger partial charge in [-0.2, -0.15) is 0 Å². The molecule has 3 aromatic rings. The molecule has 0 spiro atoms. The van der Waals surface area contributed by atoms with Gasteiger partial charge in [-0.3, -0.25) is 15.1 Å². The highest BCUT2D eigenvalue weighted by Gasteiger charge is 2.34. The van der Waals surface area contributed by atoms with Gasteiger partial charge in [0.2, 0.25) is 0 Å². The molecule has 38 heavy (non-hydrogen) atoms. The fraction of sp³-hybridized carbons (Fsp3) is 0.333. The molecule has 1 saturated carbocycles. The molecule has 1 fully saturated rings. The SMILES string of the molecule is COc1cc2c(cc1OC)[C@H]1CCCC[C@H]1N=C2c1ccc(C(C)=NOCc2ccc([N+](=O)[O-])cc2)cc1. The van der Waals surface area contributed by atoms with Crippen LogP contribution in [0, 0.1) is 10.1 Å². The molecular formula is C30H31N3O5. The highest BCUT2D eigenvalue weighted by molar-refractivity contribution is 6.15. The maximum atomic E-state index is 10.8. The van der Waals surface area contributed by atoms with Crippen molar-refractivity contribution in [3.63, 3.8) is 0 Å². The number of nitro groups is 1. The van der Waals surface area contributed by atoms with Crippen LogP contribution in [-0.4, -0.2) is 36.6 Å². The first-order valence-corrected chi connectivity index (χ1v) is 12.8. The molecule has 8 nitrogen and oxygen atoms in total. The zero-order valence-electron chi connectivity index (χ0n) is 21.8. The van der Waals surface area contributed by atoms with Crippen molar-refractivity contribution in [2.75, 3.05) is 14.2 Å². The number of nitrogens with zero attached hydrogens (tertiary/aromatic N) is 3. The van der Waals surface area contributed by atoms with E-state index in [4.69, 9.17) is 19.3 Å². The van der Waals surface area contributed by atoms with Crippen LogP contribution >= 0.6 is 0 Å². The van der Waals surface area contributed by atoms with Gasteiger partial charge in [-0.1, -0.05) is 42.3 Å². The summed E-state index contributed by atoms with van der Waals surface area (Å²) in [6, 6.07) is 18.9. The Morgan fingerprint density at radius 2 is 1.68 bits per heavy atom. The van der Waals surface area contributed by atoms with E-state index in [1.165, 1.54) is 30.5 Å². The van der Waals surface area contributed by atoms with E-state index >= 15 is 0 Å². The average molecular weight is 514 g/mol. The van der Waals surface area contributed by atoms with Crippen LogP contribution in [0.2, 0.25) is 0 Å². The summed E-state index contributed by atoms with van der Waals surface area (Å²) in [6.45, 7) is 2.12. The van der Waals surface area contributed by atoms with Gasteiger partial charge in [0, 0.05) is 29.2 Å². The molecule has 0 amide bonds. The number of hydrogen-bond acceptors (Lipinski definition) is 7. The second-order valence-electron chi connectivity index (χ2n) is 9.68. The van der Waals surface area contributed by atoms with E-state index in [2.05, 4.69) is 29.4 Å². The molecule has 1 aliphatic heterocycles. The van der Waals surface area contributed by atoms with Gasteiger partial charge in [0.05, 0.1) is 36.6 Å². The first kappa shape index (κ1) is 25.4. The molecule has 2 aliphatic rings. The summed E-state index contributed by atoms with van der Waals surface area (Å²) >= 11 is 0. The summed E-state index contributed by atoms with van der Waals surface area (Å²) in [5, 5.41) is 15.1. The Morgan fingerprint density at radius 3 is 2.37 bits per heavy atom. The van der Waals surface area contributed by atoms with Crippen molar-refractivity contribution in [3.8, 4) is 11.5 Å². The molecule has 0 unspecified atom stereocenters. The number of aliphatic imine (C=N–C) groups is 1. The molecule has 8 heteroatoms. The number of benzene rings is 3. The third-order valence-corrected chi connectivity index (χ3v) is 7.39. The summed E-state index contributed by atoms with van der Waals surface area (Å²) in [6.07, 6.45) is 4.66. The fourth-order valence-corrected chi connectivity index (χ4v) is 5.34. The number of non-ortho nitro benzene ring substituents is 1. The first-order chi connectivity index (χ1) is 18.5. The van der Waals surface area contributed by atoms with Crippen LogP contribution in [0.5, 0.6) is 11.5 Å². The largest absolute Gasteiger partial charge is 0.493 e. The van der Waals surface area contributed by atoms with E-state index < -0.39 is 4.92 Å². The van der Waals surface area contributed by atoms with Gasteiger partial charge in [-0.05, 0) is 60.7 Å². The summed E-state index contributed by atoms with van der Waals surface area (Å²) < 4.78 is 11.2. The van der Waals surface area contributed by atoms with Crippen LogP contribution in [0.1, 0.15) is 66.3 Å². The molecule has 1 aliphatic carbocycles. The smallest absolute Gasteiger partial charge is 0.269 e. The lowest BCUT2D eigenvalue weighted by atomic mass is 9.75. The Balaban J connectivity index is 1.36. The maximum Gasteiger partial charge on any atom is 0.269 e. The van der Waals surface area contributed by atoms with Crippen molar-refractivity contribution >= 4 is 17.1 Å². The molecule has 0 bridgehead atoms. The van der Waals surface area contributed by atoms with Gasteiger partial charge >= 0.3 is 0 Å². The summed E-state index contributed by atoms with van der Waals surface area (Å²) in [5.74, 6) is 1.87. The number of oxime groups is 1. The molecule has 1 heterocycles. The second kappa shape index (κ2) is 11.0. The molecule has 0 aromatic heterocycles. The van der Waals surface area contributed by atoms with Crippen molar-refractivity contribution in [2.45, 2.75) is 51.2 Å². The van der Waals surface area contributed by atoms with Gasteiger partial charge in [0.15, 0.2) is 11.5 Å². The average Bonchev–Trinajstić information content (AvgIpc) is 2.96. The summed E-state index contributed by atoms with van der Waals surface area (Å²) in [5.41, 5.74) is 6.97. The molecule has 5 rings (SSSR count). The zero-order chi connectivity index (χ0) is 26.6. The van der Waals surface area contributed by atoms with Crippen LogP contribution in [0.4, 0.5) is 5.69 Å². The standard InChI is InChI=1S/C30H31N3O5/c1-19(32-38-18-20-8-14-23(15-9-20)33(34)35)21-10-12-22(13-11-21)30-26-17-29(37-3)28(36-2)16-25(26)24-6-4-5-7-27(24)31-30/h8-17,24,27H,4-7,18H2,1-3H3/t24-,27-/m1/s1. The van der Waals surface area contributed by atoms with E-state index in [1.807, 2.05) is 19.1 Å². The normalized spacial score (nSPS) is 18.6. The molecule has 0 saturated heterocycles. The minimum absolute atomic E-state index is 0.0512. The summed E-state index contributed by atoms with van der Waals surface area (Å²) in [7, 11) is 3.34. The predicted molar refractivity (Wildman–Crippen MR) is 147 cm³/mol. The molecule has 196 valence electrons. The lowest BCUT2D eigenvalue weighted by Crippen LogP contribution is -2.29. The van der Waals surface area contributed by atoms with E-state index in [9.17, 15) is 10.1 Å². The minimum Gasteiger partial charge on any atom is -0.493 e. The van der Waals surface area contributed by atoms with Crippen LogP contribution in [0.15, 0.2) is 70.8 Å². The van der Waals surface area contributed by atoms with Crippen molar-refractivity contribution in [2.24, 2.45) is 10.1 Å². The van der Waals surface area contributed by atoms with Crippen LogP contribution in [-0.2, 0) is 11.4 Å². The number of nitro benzene ring substituents is 1. The Hall–Kier alpha value is -4.20. The molecule has 3 aromatic carbocycles. The fourth-order valence-electron chi connectivity index (χ4n) is 5.34.